The molecule has 0 spiro atoms. The topological polar surface area (TPSA) is 44.4 Å². The van der Waals surface area contributed by atoms with Crippen molar-refractivity contribution in [3.63, 3.8) is 0 Å². The van der Waals surface area contributed by atoms with E-state index in [4.69, 9.17) is 0 Å². The maximum Gasteiger partial charge on any atom is 0.220 e. The van der Waals surface area contributed by atoms with Crippen LogP contribution >= 0.6 is 11.3 Å². The number of amides is 1. The molecule has 1 amide bonds. The standard InChI is InChI=1S/C16H27N3OS/c1-19(2)14(15-7-5-11-21-15)12-18-16(20)9-8-13-6-3-4-10-17-13/h5,7,11,13-14,17H,3-4,6,8-10,12H2,1-2H3,(H,18,20). The summed E-state index contributed by atoms with van der Waals surface area (Å²) in [6, 6.07) is 4.99. The van der Waals surface area contributed by atoms with Crippen LogP contribution in [0.3, 0.4) is 0 Å². The van der Waals surface area contributed by atoms with E-state index >= 15 is 0 Å². The summed E-state index contributed by atoms with van der Waals surface area (Å²) in [7, 11) is 4.12. The van der Waals surface area contributed by atoms with Gasteiger partial charge in [-0.3, -0.25) is 4.79 Å². The van der Waals surface area contributed by atoms with Gasteiger partial charge >= 0.3 is 0 Å². The van der Waals surface area contributed by atoms with Crippen LogP contribution in [0.5, 0.6) is 0 Å². The average Bonchev–Trinajstić information content (AvgIpc) is 3.00. The third-order valence-electron chi connectivity index (χ3n) is 4.12. The maximum absolute atomic E-state index is 12.0. The molecule has 5 heteroatoms. The van der Waals surface area contributed by atoms with Gasteiger partial charge < -0.3 is 15.5 Å². The van der Waals surface area contributed by atoms with Crippen LogP contribution in [0.2, 0.25) is 0 Å². The van der Waals surface area contributed by atoms with Gasteiger partial charge in [0.1, 0.15) is 0 Å². The fraction of sp³-hybridized carbons (Fsp3) is 0.688. The zero-order valence-electron chi connectivity index (χ0n) is 13.1. The van der Waals surface area contributed by atoms with Crippen LogP contribution in [0.15, 0.2) is 17.5 Å². The summed E-state index contributed by atoms with van der Waals surface area (Å²) < 4.78 is 0. The molecule has 1 aromatic heterocycles. The van der Waals surface area contributed by atoms with Crippen LogP contribution in [0.1, 0.15) is 43.0 Å². The number of thiophene rings is 1. The Morgan fingerprint density at radius 2 is 2.38 bits per heavy atom. The van der Waals surface area contributed by atoms with Crippen LogP contribution in [0.4, 0.5) is 0 Å². The highest BCUT2D eigenvalue weighted by molar-refractivity contribution is 7.10. The van der Waals surface area contributed by atoms with E-state index in [1.54, 1.807) is 11.3 Å². The van der Waals surface area contributed by atoms with Gasteiger partial charge in [0.15, 0.2) is 0 Å². The number of carbonyl (C=O) groups is 1. The molecule has 118 valence electrons. The minimum atomic E-state index is 0.172. The van der Waals surface area contributed by atoms with E-state index in [2.05, 4.69) is 47.1 Å². The van der Waals surface area contributed by atoms with Gasteiger partial charge in [0.05, 0.1) is 6.04 Å². The lowest BCUT2D eigenvalue weighted by atomic mass is 10.0. The third kappa shape index (κ3) is 5.41. The van der Waals surface area contributed by atoms with Gasteiger partial charge in [0, 0.05) is 23.9 Å². The molecule has 4 nitrogen and oxygen atoms in total. The molecule has 1 aromatic rings. The largest absolute Gasteiger partial charge is 0.354 e. The normalized spacial score (nSPS) is 20.4. The van der Waals surface area contributed by atoms with E-state index < -0.39 is 0 Å². The van der Waals surface area contributed by atoms with Crippen molar-refractivity contribution in [1.29, 1.82) is 0 Å². The van der Waals surface area contributed by atoms with E-state index in [9.17, 15) is 4.79 Å². The molecule has 1 saturated heterocycles. The fourth-order valence-corrected chi connectivity index (χ4v) is 3.72. The van der Waals surface area contributed by atoms with E-state index in [1.807, 2.05) is 0 Å². The summed E-state index contributed by atoms with van der Waals surface area (Å²) in [5, 5.41) is 8.67. The number of likely N-dealkylation sites (N-methyl/N-ethyl adjacent to an activating group) is 1. The molecule has 0 bridgehead atoms. The van der Waals surface area contributed by atoms with Crippen molar-refractivity contribution in [2.45, 2.75) is 44.2 Å². The first kappa shape index (κ1) is 16.5. The second-order valence-corrected chi connectivity index (χ2v) is 6.96. The SMILES string of the molecule is CN(C)C(CNC(=O)CCC1CCCCN1)c1cccs1. The van der Waals surface area contributed by atoms with Gasteiger partial charge in [0.25, 0.3) is 0 Å². The van der Waals surface area contributed by atoms with Crippen LogP contribution in [0.25, 0.3) is 0 Å². The molecule has 0 aliphatic carbocycles. The van der Waals surface area contributed by atoms with E-state index in [0.717, 1.165) is 13.0 Å². The van der Waals surface area contributed by atoms with E-state index in [0.29, 0.717) is 19.0 Å². The number of hydrogen-bond donors (Lipinski definition) is 2. The predicted molar refractivity (Wildman–Crippen MR) is 88.6 cm³/mol. The second kappa shape index (κ2) is 8.51. The average molecular weight is 309 g/mol. The first-order chi connectivity index (χ1) is 10.2. The monoisotopic (exact) mass is 309 g/mol. The van der Waals surface area contributed by atoms with Gasteiger partial charge in [-0.25, -0.2) is 0 Å². The summed E-state index contributed by atoms with van der Waals surface area (Å²) >= 11 is 1.74. The molecule has 2 rings (SSSR count). The minimum absolute atomic E-state index is 0.172. The van der Waals surface area contributed by atoms with Gasteiger partial charge in [-0.05, 0) is 51.3 Å². The summed E-state index contributed by atoms with van der Waals surface area (Å²) in [5.41, 5.74) is 0. The number of nitrogens with one attached hydrogen (secondary N) is 2. The molecule has 0 aromatic carbocycles. The Morgan fingerprint density at radius 3 is 3.00 bits per heavy atom. The lowest BCUT2D eigenvalue weighted by molar-refractivity contribution is -0.121. The molecule has 2 heterocycles. The van der Waals surface area contributed by atoms with Crippen molar-refractivity contribution in [2.75, 3.05) is 27.2 Å². The molecule has 2 N–H and O–H groups in total. The molecular formula is C16H27N3OS. The smallest absolute Gasteiger partial charge is 0.220 e. The Morgan fingerprint density at radius 1 is 1.52 bits per heavy atom. The van der Waals surface area contributed by atoms with Crippen molar-refractivity contribution in [1.82, 2.24) is 15.5 Å². The Bertz CT molecular complexity index is 413. The highest BCUT2D eigenvalue weighted by atomic mass is 32.1. The molecule has 21 heavy (non-hydrogen) atoms. The predicted octanol–water partition coefficient (Wildman–Crippen LogP) is 2.39. The molecule has 2 unspecified atom stereocenters. The summed E-state index contributed by atoms with van der Waals surface area (Å²) in [6.45, 7) is 1.79. The van der Waals surface area contributed by atoms with Crippen molar-refractivity contribution < 1.29 is 4.79 Å². The Labute approximate surface area is 131 Å². The number of hydrogen-bond acceptors (Lipinski definition) is 4. The molecule has 1 fully saturated rings. The zero-order valence-corrected chi connectivity index (χ0v) is 13.9. The maximum atomic E-state index is 12.0. The number of rotatable bonds is 7. The van der Waals surface area contributed by atoms with Gasteiger partial charge in [-0.2, -0.15) is 0 Å². The molecule has 2 atom stereocenters. The molecule has 0 radical (unpaired) electrons. The van der Waals surface area contributed by atoms with Crippen LogP contribution in [-0.2, 0) is 4.79 Å². The van der Waals surface area contributed by atoms with Crippen molar-refractivity contribution in [3.8, 4) is 0 Å². The lowest BCUT2D eigenvalue weighted by Gasteiger charge is -2.25. The number of carbonyl (C=O) groups excluding carboxylic acids is 1. The van der Waals surface area contributed by atoms with Crippen molar-refractivity contribution >= 4 is 17.2 Å². The molecule has 1 aliphatic rings. The van der Waals surface area contributed by atoms with Gasteiger partial charge in [-0.1, -0.05) is 12.5 Å². The fourth-order valence-electron chi connectivity index (χ4n) is 2.79. The first-order valence-electron chi connectivity index (χ1n) is 7.86. The Hall–Kier alpha value is -0.910. The highest BCUT2D eigenvalue weighted by Gasteiger charge is 2.17. The van der Waals surface area contributed by atoms with Crippen LogP contribution < -0.4 is 10.6 Å². The Balaban J connectivity index is 1.71. The van der Waals surface area contributed by atoms with E-state index in [-0.39, 0.29) is 11.9 Å². The number of piperidine rings is 1. The zero-order chi connectivity index (χ0) is 15.1. The molecule has 0 saturated carbocycles. The first-order valence-corrected chi connectivity index (χ1v) is 8.74. The van der Waals surface area contributed by atoms with Crippen LogP contribution in [0, 0.1) is 0 Å². The van der Waals surface area contributed by atoms with Crippen molar-refractivity contribution in [2.24, 2.45) is 0 Å². The summed E-state index contributed by atoms with van der Waals surface area (Å²) in [4.78, 5) is 15.5. The Kier molecular flexibility index (Phi) is 6.67. The quantitative estimate of drug-likeness (QED) is 0.813. The molecule has 1 aliphatic heterocycles. The van der Waals surface area contributed by atoms with E-state index in [1.165, 1.54) is 24.1 Å². The third-order valence-corrected chi connectivity index (χ3v) is 5.09. The van der Waals surface area contributed by atoms with Gasteiger partial charge in [0.2, 0.25) is 5.91 Å². The minimum Gasteiger partial charge on any atom is -0.354 e. The highest BCUT2D eigenvalue weighted by Crippen LogP contribution is 2.22. The summed E-state index contributed by atoms with van der Waals surface area (Å²) in [5.74, 6) is 0.172. The molecular weight excluding hydrogens is 282 g/mol. The van der Waals surface area contributed by atoms with Crippen molar-refractivity contribution in [3.05, 3.63) is 22.4 Å². The second-order valence-electron chi connectivity index (χ2n) is 5.98. The van der Waals surface area contributed by atoms with Gasteiger partial charge in [-0.15, -0.1) is 11.3 Å². The summed E-state index contributed by atoms with van der Waals surface area (Å²) in [6.07, 6.45) is 5.36. The van der Waals surface area contributed by atoms with Crippen LogP contribution in [-0.4, -0.2) is 44.0 Å². The number of nitrogens with zero attached hydrogens (tertiary/aromatic N) is 1. The lowest BCUT2D eigenvalue weighted by Crippen LogP contribution is -2.37.